The maximum absolute atomic E-state index is 12.8. The molecule has 0 heterocycles. The minimum absolute atomic E-state index is 0.135. The molecule has 0 saturated heterocycles. The average Bonchev–Trinajstić information content (AvgIpc) is 2.97. The van der Waals surface area contributed by atoms with Crippen LogP contribution in [0.4, 0.5) is 0 Å². The topological polar surface area (TPSA) is 65.0 Å². The molecule has 0 aliphatic heterocycles. The number of phenols is 1. The number of methoxy groups -OCH3 is 1. The second-order valence-electron chi connectivity index (χ2n) is 10.4. The minimum Gasteiger partial charge on any atom is -0.508 e. The van der Waals surface area contributed by atoms with E-state index in [1.165, 1.54) is 12.0 Å². The molecule has 4 rings (SSSR count). The van der Waals surface area contributed by atoms with Crippen LogP contribution in [-0.4, -0.2) is 24.3 Å². The van der Waals surface area contributed by atoms with Gasteiger partial charge in [0, 0.05) is 13.0 Å². The van der Waals surface area contributed by atoms with Crippen LogP contribution in [0.2, 0.25) is 0 Å². The van der Waals surface area contributed by atoms with E-state index < -0.39 is 5.97 Å². The van der Waals surface area contributed by atoms with Crippen molar-refractivity contribution in [2.75, 3.05) is 7.11 Å². The number of carbonyl (C=O) groups is 1. The van der Waals surface area contributed by atoms with Crippen molar-refractivity contribution in [3.05, 3.63) is 118 Å². The van der Waals surface area contributed by atoms with E-state index in [2.05, 4.69) is 20.8 Å². The second-order valence-corrected chi connectivity index (χ2v) is 10.4. The Morgan fingerprint density at radius 3 is 1.85 bits per heavy atom. The number of aryl methyl sites for hydroxylation is 2. The standard InChI is InChI=1S/C33H34O5.C3H8/c1-21-18-27(10-16-31(21)34)24(4)28-11-17-32(22(2)19-28)38-33(35)26-8-14-30(15-9-26)37-29-12-6-25(7-13-29)20-23(3)36-5;1-3-2/h6-19,23-24,34H,20H2,1-5H3;3H2,1-2H3. The summed E-state index contributed by atoms with van der Waals surface area (Å²) in [5.74, 6) is 1.89. The second kappa shape index (κ2) is 15.1. The van der Waals surface area contributed by atoms with Crippen LogP contribution in [0.1, 0.15) is 78.2 Å². The Hall–Kier alpha value is -4.09. The molecule has 0 saturated carbocycles. The monoisotopic (exact) mass is 554 g/mol. The first-order valence-corrected chi connectivity index (χ1v) is 14.2. The summed E-state index contributed by atoms with van der Waals surface area (Å²) in [7, 11) is 1.71. The fourth-order valence-electron chi connectivity index (χ4n) is 4.26. The van der Waals surface area contributed by atoms with Crippen molar-refractivity contribution in [3.8, 4) is 23.0 Å². The van der Waals surface area contributed by atoms with Crippen molar-refractivity contribution in [2.45, 2.75) is 66.4 Å². The number of benzene rings is 4. The van der Waals surface area contributed by atoms with Crippen molar-refractivity contribution >= 4 is 5.97 Å². The van der Waals surface area contributed by atoms with E-state index in [0.29, 0.717) is 22.8 Å². The molecule has 216 valence electrons. The maximum Gasteiger partial charge on any atom is 0.343 e. The van der Waals surface area contributed by atoms with Crippen molar-refractivity contribution in [2.24, 2.45) is 0 Å². The number of ether oxygens (including phenoxy) is 3. The quantitative estimate of drug-likeness (QED) is 0.165. The number of phenolic OH excluding ortho intramolecular Hbond substituents is 1. The summed E-state index contributed by atoms with van der Waals surface area (Å²) >= 11 is 0. The van der Waals surface area contributed by atoms with Gasteiger partial charge in [-0.3, -0.25) is 0 Å². The van der Waals surface area contributed by atoms with Gasteiger partial charge < -0.3 is 19.3 Å². The van der Waals surface area contributed by atoms with E-state index in [4.69, 9.17) is 14.2 Å². The number of hydrogen-bond acceptors (Lipinski definition) is 5. The molecule has 0 spiro atoms. The van der Waals surface area contributed by atoms with E-state index in [-0.39, 0.29) is 12.0 Å². The maximum atomic E-state index is 12.8. The SMILES string of the molecule is CCC.COC(C)Cc1ccc(Oc2ccc(C(=O)Oc3ccc(C(C)c4ccc(O)c(C)c4)cc3C)cc2)cc1. The zero-order valence-corrected chi connectivity index (χ0v) is 25.2. The summed E-state index contributed by atoms with van der Waals surface area (Å²) in [5, 5.41) is 9.82. The molecule has 0 radical (unpaired) electrons. The zero-order chi connectivity index (χ0) is 29.9. The van der Waals surface area contributed by atoms with Gasteiger partial charge >= 0.3 is 5.97 Å². The van der Waals surface area contributed by atoms with Gasteiger partial charge in [0.05, 0.1) is 11.7 Å². The average molecular weight is 555 g/mol. The first-order chi connectivity index (χ1) is 19.6. The van der Waals surface area contributed by atoms with Gasteiger partial charge in [-0.2, -0.15) is 0 Å². The Labute approximate surface area is 244 Å². The van der Waals surface area contributed by atoms with Gasteiger partial charge in [0.2, 0.25) is 0 Å². The lowest BCUT2D eigenvalue weighted by Gasteiger charge is -2.16. The molecule has 0 aliphatic rings. The molecule has 0 fully saturated rings. The van der Waals surface area contributed by atoms with Crippen LogP contribution in [0.5, 0.6) is 23.0 Å². The zero-order valence-electron chi connectivity index (χ0n) is 25.2. The fourth-order valence-corrected chi connectivity index (χ4v) is 4.26. The predicted octanol–water partition coefficient (Wildman–Crippen LogP) is 9.17. The number of carbonyl (C=O) groups excluding carboxylic acids is 1. The molecule has 0 amide bonds. The normalized spacial score (nSPS) is 12.1. The summed E-state index contributed by atoms with van der Waals surface area (Å²) in [6, 6.07) is 26.3. The molecule has 41 heavy (non-hydrogen) atoms. The first kappa shape index (κ1) is 31.4. The summed E-state index contributed by atoms with van der Waals surface area (Å²) in [6.07, 6.45) is 2.25. The van der Waals surface area contributed by atoms with Crippen LogP contribution in [0.15, 0.2) is 84.9 Å². The smallest absolute Gasteiger partial charge is 0.343 e. The van der Waals surface area contributed by atoms with E-state index in [1.54, 1.807) is 37.4 Å². The molecular formula is C36H42O5. The highest BCUT2D eigenvalue weighted by Crippen LogP contribution is 2.31. The molecule has 2 atom stereocenters. The van der Waals surface area contributed by atoms with Gasteiger partial charge in [-0.25, -0.2) is 4.79 Å². The van der Waals surface area contributed by atoms with Gasteiger partial charge in [0.15, 0.2) is 0 Å². The van der Waals surface area contributed by atoms with Crippen LogP contribution in [0, 0.1) is 13.8 Å². The summed E-state index contributed by atoms with van der Waals surface area (Å²) in [4.78, 5) is 12.8. The van der Waals surface area contributed by atoms with Gasteiger partial charge in [0.25, 0.3) is 0 Å². The third-order valence-corrected chi connectivity index (χ3v) is 6.80. The molecule has 2 unspecified atom stereocenters. The fraction of sp³-hybridized carbons (Fsp3) is 0.306. The van der Waals surface area contributed by atoms with E-state index >= 15 is 0 Å². The molecule has 0 aromatic heterocycles. The van der Waals surface area contributed by atoms with Gasteiger partial charge in [-0.1, -0.05) is 63.6 Å². The Morgan fingerprint density at radius 2 is 1.32 bits per heavy atom. The van der Waals surface area contributed by atoms with Crippen LogP contribution in [-0.2, 0) is 11.2 Å². The highest BCUT2D eigenvalue weighted by atomic mass is 16.5. The number of hydrogen-bond donors (Lipinski definition) is 1. The lowest BCUT2D eigenvalue weighted by molar-refractivity contribution is 0.0733. The molecule has 1 N–H and O–H groups in total. The Balaban J connectivity index is 0.00000147. The van der Waals surface area contributed by atoms with E-state index in [0.717, 1.165) is 34.4 Å². The highest BCUT2D eigenvalue weighted by Gasteiger charge is 2.15. The first-order valence-electron chi connectivity index (χ1n) is 14.2. The largest absolute Gasteiger partial charge is 0.508 e. The number of rotatable bonds is 9. The highest BCUT2D eigenvalue weighted by molar-refractivity contribution is 5.91. The van der Waals surface area contributed by atoms with Gasteiger partial charge in [-0.15, -0.1) is 0 Å². The minimum atomic E-state index is -0.425. The van der Waals surface area contributed by atoms with Crippen LogP contribution in [0.3, 0.4) is 0 Å². The van der Waals surface area contributed by atoms with Crippen molar-refractivity contribution in [3.63, 3.8) is 0 Å². The third kappa shape index (κ3) is 8.95. The predicted molar refractivity (Wildman–Crippen MR) is 166 cm³/mol. The number of esters is 1. The lowest BCUT2D eigenvalue weighted by atomic mass is 9.91. The number of aromatic hydroxyl groups is 1. The van der Waals surface area contributed by atoms with Gasteiger partial charge in [-0.05, 0) is 104 Å². The van der Waals surface area contributed by atoms with E-state index in [1.807, 2.05) is 75.4 Å². The summed E-state index contributed by atoms with van der Waals surface area (Å²) < 4.78 is 16.9. The lowest BCUT2D eigenvalue weighted by Crippen LogP contribution is -2.09. The van der Waals surface area contributed by atoms with Gasteiger partial charge in [0.1, 0.15) is 23.0 Å². The van der Waals surface area contributed by atoms with Crippen molar-refractivity contribution in [1.82, 2.24) is 0 Å². The van der Waals surface area contributed by atoms with Crippen molar-refractivity contribution in [1.29, 1.82) is 0 Å². The van der Waals surface area contributed by atoms with Crippen LogP contribution >= 0.6 is 0 Å². The Bertz CT molecular complexity index is 1410. The molecule has 5 heteroatoms. The van der Waals surface area contributed by atoms with Crippen LogP contribution < -0.4 is 9.47 Å². The molecular weight excluding hydrogens is 512 g/mol. The summed E-state index contributed by atoms with van der Waals surface area (Å²) in [5.41, 5.74) is 5.56. The third-order valence-electron chi connectivity index (χ3n) is 6.80. The molecule has 5 nitrogen and oxygen atoms in total. The molecule has 4 aromatic carbocycles. The van der Waals surface area contributed by atoms with Crippen molar-refractivity contribution < 1.29 is 24.1 Å². The molecule has 0 aliphatic carbocycles. The molecule has 4 aromatic rings. The Morgan fingerprint density at radius 1 is 0.780 bits per heavy atom. The molecule has 0 bridgehead atoms. The van der Waals surface area contributed by atoms with Crippen LogP contribution in [0.25, 0.3) is 0 Å². The summed E-state index contributed by atoms with van der Waals surface area (Å²) in [6.45, 7) is 12.2. The Kier molecular flexibility index (Phi) is 11.5. The van der Waals surface area contributed by atoms with E-state index in [9.17, 15) is 9.90 Å².